The van der Waals surface area contributed by atoms with E-state index in [-0.39, 0.29) is 31.3 Å². The highest BCUT2D eigenvalue weighted by Crippen LogP contribution is 2.44. The van der Waals surface area contributed by atoms with Crippen molar-refractivity contribution in [1.82, 2.24) is 10.6 Å². The van der Waals surface area contributed by atoms with Crippen LogP contribution in [0.2, 0.25) is 0 Å². The van der Waals surface area contributed by atoms with Gasteiger partial charge in [-0.05, 0) is 41.5 Å². The molecule has 2 aromatic carbocycles. The zero-order valence-electron chi connectivity index (χ0n) is 19.0. The molecule has 0 atom stereocenters. The van der Waals surface area contributed by atoms with Gasteiger partial charge in [-0.3, -0.25) is 9.59 Å². The van der Waals surface area contributed by atoms with Crippen molar-refractivity contribution in [1.29, 1.82) is 0 Å². The maximum Gasteiger partial charge on any atom is 0.407 e. The molecule has 8 heteroatoms. The molecule has 1 saturated heterocycles. The minimum Gasteiger partial charge on any atom is -0.481 e. The van der Waals surface area contributed by atoms with Crippen LogP contribution in [0.25, 0.3) is 11.1 Å². The van der Waals surface area contributed by atoms with Gasteiger partial charge in [-0.25, -0.2) is 4.79 Å². The lowest BCUT2D eigenvalue weighted by Crippen LogP contribution is -2.53. The Kier molecular flexibility index (Phi) is 7.47. The van der Waals surface area contributed by atoms with E-state index >= 15 is 0 Å². The number of rotatable bonds is 9. The van der Waals surface area contributed by atoms with E-state index < -0.39 is 17.6 Å². The number of ether oxygens (including phenoxy) is 2. The molecule has 0 aromatic heterocycles. The van der Waals surface area contributed by atoms with Gasteiger partial charge < -0.3 is 25.2 Å². The molecule has 1 aliphatic carbocycles. The van der Waals surface area contributed by atoms with Crippen LogP contribution < -0.4 is 10.6 Å². The molecule has 2 aromatic rings. The summed E-state index contributed by atoms with van der Waals surface area (Å²) in [5.74, 6) is -1.18. The van der Waals surface area contributed by atoms with E-state index in [9.17, 15) is 19.5 Å². The third-order valence-electron chi connectivity index (χ3n) is 6.54. The van der Waals surface area contributed by atoms with E-state index in [0.29, 0.717) is 39.0 Å². The highest BCUT2D eigenvalue weighted by molar-refractivity contribution is 5.79. The number of carbonyl (C=O) groups excluding carboxylic acids is 2. The van der Waals surface area contributed by atoms with E-state index in [4.69, 9.17) is 9.47 Å². The Morgan fingerprint density at radius 2 is 1.62 bits per heavy atom. The standard InChI is InChI=1S/C26H30N2O6/c29-23(28-26(16-24(30)31)11-14-33-15-12-26)10-5-13-27-25(32)34-17-22-20-8-3-1-6-18(20)19-7-2-4-9-21(19)22/h1-4,6-9,22H,5,10-17H2,(H,27,32)(H,28,29)(H,30,31). The predicted octanol–water partition coefficient (Wildman–Crippen LogP) is 3.45. The van der Waals surface area contributed by atoms with Crippen molar-refractivity contribution in [3.05, 3.63) is 59.7 Å². The molecule has 180 valence electrons. The number of hydrogen-bond donors (Lipinski definition) is 3. The minimum absolute atomic E-state index is 0.00572. The van der Waals surface area contributed by atoms with Crippen molar-refractivity contribution >= 4 is 18.0 Å². The molecule has 8 nitrogen and oxygen atoms in total. The zero-order chi connectivity index (χ0) is 24.0. The number of carboxylic acids is 1. The Hall–Kier alpha value is -3.39. The van der Waals surface area contributed by atoms with E-state index in [1.165, 1.54) is 11.1 Å². The first kappa shape index (κ1) is 23.8. The largest absolute Gasteiger partial charge is 0.481 e. The first-order valence-corrected chi connectivity index (χ1v) is 11.7. The summed E-state index contributed by atoms with van der Waals surface area (Å²) < 4.78 is 10.8. The van der Waals surface area contributed by atoms with Crippen LogP contribution in [0.4, 0.5) is 4.79 Å². The van der Waals surface area contributed by atoms with E-state index in [0.717, 1.165) is 11.1 Å². The molecule has 0 unspecified atom stereocenters. The summed E-state index contributed by atoms with van der Waals surface area (Å²) in [5, 5.41) is 14.8. The summed E-state index contributed by atoms with van der Waals surface area (Å²) in [6.07, 6.45) is 0.919. The summed E-state index contributed by atoms with van der Waals surface area (Å²) in [4.78, 5) is 35.9. The zero-order valence-corrected chi connectivity index (χ0v) is 19.0. The highest BCUT2D eigenvalue weighted by Gasteiger charge is 2.36. The fraction of sp³-hybridized carbons (Fsp3) is 0.423. The quantitative estimate of drug-likeness (QED) is 0.488. The van der Waals surface area contributed by atoms with Gasteiger partial charge in [0.05, 0.1) is 12.0 Å². The third-order valence-corrected chi connectivity index (χ3v) is 6.54. The van der Waals surface area contributed by atoms with Crippen LogP contribution in [0.5, 0.6) is 0 Å². The van der Waals surface area contributed by atoms with Crippen molar-refractivity contribution in [2.24, 2.45) is 0 Å². The van der Waals surface area contributed by atoms with Crippen LogP contribution in [-0.4, -0.2) is 55.0 Å². The fourth-order valence-electron chi connectivity index (χ4n) is 4.84. The van der Waals surface area contributed by atoms with Crippen LogP contribution in [0.1, 0.15) is 49.1 Å². The van der Waals surface area contributed by atoms with E-state index in [2.05, 4.69) is 34.9 Å². The number of fused-ring (bicyclic) bond motifs is 3. The molecule has 4 rings (SSSR count). The second kappa shape index (κ2) is 10.7. The predicted molar refractivity (Wildman–Crippen MR) is 125 cm³/mol. The number of nitrogens with one attached hydrogen (secondary N) is 2. The van der Waals surface area contributed by atoms with Crippen LogP contribution >= 0.6 is 0 Å². The maximum absolute atomic E-state index is 12.4. The van der Waals surface area contributed by atoms with Crippen molar-refractivity contribution in [3.8, 4) is 11.1 Å². The number of carbonyl (C=O) groups is 3. The van der Waals surface area contributed by atoms with Crippen LogP contribution in [0, 0.1) is 0 Å². The number of hydrogen-bond acceptors (Lipinski definition) is 5. The van der Waals surface area contributed by atoms with Gasteiger partial charge in [0.1, 0.15) is 6.61 Å². The third kappa shape index (κ3) is 5.56. The van der Waals surface area contributed by atoms with Gasteiger partial charge in [-0.2, -0.15) is 0 Å². The molecule has 0 saturated carbocycles. The normalized spacial score (nSPS) is 16.2. The van der Waals surface area contributed by atoms with Crippen molar-refractivity contribution in [2.75, 3.05) is 26.4 Å². The van der Waals surface area contributed by atoms with Gasteiger partial charge in [0.2, 0.25) is 5.91 Å². The molecular formula is C26H30N2O6. The number of amides is 2. The van der Waals surface area contributed by atoms with E-state index in [1.807, 2.05) is 24.3 Å². The monoisotopic (exact) mass is 466 g/mol. The Balaban J connectivity index is 1.21. The first-order valence-electron chi connectivity index (χ1n) is 11.7. The number of aliphatic carboxylic acids is 1. The van der Waals surface area contributed by atoms with E-state index in [1.54, 1.807) is 0 Å². The smallest absolute Gasteiger partial charge is 0.407 e. The lowest BCUT2D eigenvalue weighted by atomic mass is 9.86. The van der Waals surface area contributed by atoms with Crippen LogP contribution in [0.15, 0.2) is 48.5 Å². The molecule has 0 radical (unpaired) electrons. The number of benzene rings is 2. The highest BCUT2D eigenvalue weighted by atomic mass is 16.5. The maximum atomic E-state index is 12.4. The molecule has 2 amide bonds. The van der Waals surface area contributed by atoms with Crippen molar-refractivity contribution in [3.63, 3.8) is 0 Å². The molecule has 1 aliphatic heterocycles. The summed E-state index contributed by atoms with van der Waals surface area (Å²) in [6, 6.07) is 16.3. The molecule has 0 spiro atoms. The summed E-state index contributed by atoms with van der Waals surface area (Å²) >= 11 is 0. The average Bonchev–Trinajstić information content (AvgIpc) is 3.14. The van der Waals surface area contributed by atoms with Crippen molar-refractivity contribution in [2.45, 2.75) is 43.6 Å². The van der Waals surface area contributed by atoms with Gasteiger partial charge in [0, 0.05) is 32.1 Å². The Morgan fingerprint density at radius 3 is 2.24 bits per heavy atom. The van der Waals surface area contributed by atoms with Crippen LogP contribution in [0.3, 0.4) is 0 Å². The lowest BCUT2D eigenvalue weighted by Gasteiger charge is -2.36. The first-order chi connectivity index (χ1) is 16.5. The fourth-order valence-corrected chi connectivity index (χ4v) is 4.84. The molecule has 2 aliphatic rings. The molecule has 34 heavy (non-hydrogen) atoms. The van der Waals surface area contributed by atoms with Crippen molar-refractivity contribution < 1.29 is 29.0 Å². The Morgan fingerprint density at radius 1 is 1.00 bits per heavy atom. The SMILES string of the molecule is O=C(O)CC1(NC(=O)CCCNC(=O)OCC2c3ccccc3-c3ccccc32)CCOCC1. The van der Waals surface area contributed by atoms with Gasteiger partial charge in [0.15, 0.2) is 0 Å². The molecule has 0 bridgehead atoms. The second-order valence-electron chi connectivity index (χ2n) is 8.87. The number of carboxylic acid groups (broad SMARTS) is 1. The molecule has 1 heterocycles. The van der Waals surface area contributed by atoms with Crippen LogP contribution in [-0.2, 0) is 19.1 Å². The van der Waals surface area contributed by atoms with Gasteiger partial charge >= 0.3 is 12.1 Å². The Labute approximate surface area is 198 Å². The molecular weight excluding hydrogens is 436 g/mol. The summed E-state index contributed by atoms with van der Waals surface area (Å²) in [6.45, 7) is 1.38. The van der Waals surface area contributed by atoms with Gasteiger partial charge in [-0.1, -0.05) is 48.5 Å². The van der Waals surface area contributed by atoms with Gasteiger partial charge in [-0.15, -0.1) is 0 Å². The molecule has 3 N–H and O–H groups in total. The average molecular weight is 467 g/mol. The van der Waals surface area contributed by atoms with Gasteiger partial charge in [0.25, 0.3) is 0 Å². The summed E-state index contributed by atoms with van der Waals surface area (Å²) in [7, 11) is 0. The second-order valence-corrected chi connectivity index (χ2v) is 8.87. The topological polar surface area (TPSA) is 114 Å². The number of alkyl carbamates (subject to hydrolysis) is 1. The summed E-state index contributed by atoms with van der Waals surface area (Å²) in [5.41, 5.74) is 3.88. The molecule has 1 fully saturated rings. The minimum atomic E-state index is -0.945. The Bertz CT molecular complexity index is 1000. The lowest BCUT2D eigenvalue weighted by molar-refractivity contribution is -0.140.